The van der Waals surface area contributed by atoms with Crippen LogP contribution in [0.3, 0.4) is 0 Å². The number of benzene rings is 1. The lowest BCUT2D eigenvalue weighted by molar-refractivity contribution is -0.385. The summed E-state index contributed by atoms with van der Waals surface area (Å²) in [5, 5.41) is 11.1. The van der Waals surface area contributed by atoms with Gasteiger partial charge in [-0.3, -0.25) is 14.9 Å². The largest absolute Gasteiger partial charge is 0.340 e. The normalized spacial score (nSPS) is 19.8. The molecule has 1 saturated carbocycles. The Hall–Kier alpha value is -2.00. The van der Waals surface area contributed by atoms with E-state index in [4.69, 9.17) is 0 Å². The van der Waals surface area contributed by atoms with E-state index in [9.17, 15) is 23.3 Å². The van der Waals surface area contributed by atoms with E-state index in [0.29, 0.717) is 13.1 Å². The number of rotatable bonds is 4. The molecule has 2 aliphatic rings. The summed E-state index contributed by atoms with van der Waals surface area (Å²) in [6.45, 7) is 2.60. The molecule has 8 nitrogen and oxygen atoms in total. The van der Waals surface area contributed by atoms with Crippen LogP contribution in [0, 0.1) is 23.0 Å². The van der Waals surface area contributed by atoms with Crippen molar-refractivity contribution in [3.63, 3.8) is 0 Å². The fourth-order valence-corrected chi connectivity index (χ4v) is 5.64. The van der Waals surface area contributed by atoms with Gasteiger partial charge in [-0.2, -0.15) is 4.31 Å². The Morgan fingerprint density at radius 1 is 1.11 bits per heavy atom. The van der Waals surface area contributed by atoms with Crippen molar-refractivity contribution >= 4 is 21.6 Å². The summed E-state index contributed by atoms with van der Waals surface area (Å²) in [6, 6.07) is 4.09. The fraction of sp³-hybridized carbons (Fsp3) is 0.611. The standard InChI is InChI=1S/C18H25N3O5S/c1-14-16(21(23)24)8-5-9-17(14)27(25,26)20-12-10-19(11-13-20)18(22)15-6-3-2-4-7-15/h5,8-9,15H,2-4,6-7,10-13H2,1H3. The van der Waals surface area contributed by atoms with Crippen molar-refractivity contribution in [1.82, 2.24) is 9.21 Å². The SMILES string of the molecule is Cc1c([N+](=O)[O-])cccc1S(=O)(=O)N1CCN(C(=O)C2CCCCC2)CC1. The van der Waals surface area contributed by atoms with Crippen LogP contribution in [0.1, 0.15) is 37.7 Å². The van der Waals surface area contributed by atoms with Crippen LogP contribution < -0.4 is 0 Å². The van der Waals surface area contributed by atoms with Gasteiger partial charge in [-0.15, -0.1) is 0 Å². The lowest BCUT2D eigenvalue weighted by Gasteiger charge is -2.36. The van der Waals surface area contributed by atoms with Gasteiger partial charge in [0.1, 0.15) is 0 Å². The lowest BCUT2D eigenvalue weighted by atomic mass is 9.88. The zero-order chi connectivity index (χ0) is 19.6. The molecule has 1 amide bonds. The highest BCUT2D eigenvalue weighted by Gasteiger charge is 2.34. The number of amides is 1. The van der Waals surface area contributed by atoms with Crippen molar-refractivity contribution in [2.45, 2.75) is 43.9 Å². The maximum atomic E-state index is 13.0. The molecule has 9 heteroatoms. The number of carbonyl (C=O) groups excluding carboxylic acids is 1. The Bertz CT molecular complexity index is 825. The third-order valence-corrected chi connectivity index (χ3v) is 7.62. The van der Waals surface area contributed by atoms with Crippen LogP contribution in [0.2, 0.25) is 0 Å². The first-order valence-electron chi connectivity index (χ1n) is 9.35. The van der Waals surface area contributed by atoms with Crippen molar-refractivity contribution in [2.75, 3.05) is 26.2 Å². The third-order valence-electron chi connectivity index (χ3n) is 5.57. The Morgan fingerprint density at radius 3 is 2.33 bits per heavy atom. The lowest BCUT2D eigenvalue weighted by Crippen LogP contribution is -2.52. The summed E-state index contributed by atoms with van der Waals surface area (Å²) in [5.74, 6) is 0.208. The number of nitro benzene ring substituents is 1. The average molecular weight is 395 g/mol. The van der Waals surface area contributed by atoms with Crippen molar-refractivity contribution in [3.8, 4) is 0 Å². The van der Waals surface area contributed by atoms with Crippen LogP contribution in [0.4, 0.5) is 5.69 Å². The van der Waals surface area contributed by atoms with E-state index in [-0.39, 0.29) is 41.1 Å². The molecule has 148 valence electrons. The molecule has 0 spiro atoms. The van der Waals surface area contributed by atoms with Gasteiger partial charge in [0, 0.05) is 43.7 Å². The van der Waals surface area contributed by atoms with E-state index < -0.39 is 14.9 Å². The number of hydrogen-bond donors (Lipinski definition) is 0. The summed E-state index contributed by atoms with van der Waals surface area (Å²) in [6.07, 6.45) is 5.18. The molecular formula is C18H25N3O5S. The number of nitro groups is 1. The first-order chi connectivity index (χ1) is 12.8. The van der Waals surface area contributed by atoms with E-state index >= 15 is 0 Å². The quantitative estimate of drug-likeness (QED) is 0.575. The van der Waals surface area contributed by atoms with E-state index in [0.717, 1.165) is 25.7 Å². The Labute approximate surface area is 159 Å². The molecule has 0 unspecified atom stereocenters. The van der Waals surface area contributed by atoms with Crippen LogP contribution >= 0.6 is 0 Å². The van der Waals surface area contributed by atoms with Crippen molar-refractivity contribution in [1.29, 1.82) is 0 Å². The zero-order valence-electron chi connectivity index (χ0n) is 15.5. The van der Waals surface area contributed by atoms with E-state index in [1.807, 2.05) is 0 Å². The van der Waals surface area contributed by atoms with Gasteiger partial charge < -0.3 is 4.90 Å². The van der Waals surface area contributed by atoms with Crippen LogP contribution in [-0.4, -0.2) is 54.6 Å². The molecule has 0 N–H and O–H groups in total. The zero-order valence-corrected chi connectivity index (χ0v) is 16.3. The van der Waals surface area contributed by atoms with Gasteiger partial charge in [-0.05, 0) is 25.8 Å². The van der Waals surface area contributed by atoms with Crippen LogP contribution in [0.25, 0.3) is 0 Å². The van der Waals surface area contributed by atoms with Crippen molar-refractivity contribution < 1.29 is 18.1 Å². The van der Waals surface area contributed by atoms with E-state index in [1.54, 1.807) is 4.90 Å². The number of hydrogen-bond acceptors (Lipinski definition) is 5. The number of sulfonamides is 1. The first-order valence-corrected chi connectivity index (χ1v) is 10.8. The highest BCUT2D eigenvalue weighted by Crippen LogP contribution is 2.29. The molecule has 1 aromatic rings. The summed E-state index contributed by atoms with van der Waals surface area (Å²) in [5.41, 5.74) is -0.0644. The second kappa shape index (κ2) is 7.93. The predicted octanol–water partition coefficient (Wildman–Crippen LogP) is 2.32. The Morgan fingerprint density at radius 2 is 1.74 bits per heavy atom. The molecule has 1 aromatic carbocycles. The molecule has 2 fully saturated rings. The highest BCUT2D eigenvalue weighted by atomic mass is 32.2. The van der Waals surface area contributed by atoms with Gasteiger partial charge in [0.2, 0.25) is 15.9 Å². The van der Waals surface area contributed by atoms with Crippen molar-refractivity contribution in [3.05, 3.63) is 33.9 Å². The van der Waals surface area contributed by atoms with E-state index in [2.05, 4.69) is 0 Å². The molecule has 27 heavy (non-hydrogen) atoms. The van der Waals surface area contributed by atoms with Crippen LogP contribution in [-0.2, 0) is 14.8 Å². The van der Waals surface area contributed by atoms with E-state index in [1.165, 1.54) is 35.8 Å². The smallest absolute Gasteiger partial charge is 0.273 e. The Kier molecular flexibility index (Phi) is 5.81. The molecule has 1 aliphatic carbocycles. The summed E-state index contributed by atoms with van der Waals surface area (Å²) in [7, 11) is -3.83. The van der Waals surface area contributed by atoms with Gasteiger partial charge in [0.15, 0.2) is 0 Å². The minimum absolute atomic E-state index is 0.0382. The summed E-state index contributed by atoms with van der Waals surface area (Å²) in [4.78, 5) is 24.9. The molecule has 0 radical (unpaired) electrons. The molecule has 1 heterocycles. The van der Waals surface area contributed by atoms with Crippen LogP contribution in [0.5, 0.6) is 0 Å². The highest BCUT2D eigenvalue weighted by molar-refractivity contribution is 7.89. The summed E-state index contributed by atoms with van der Waals surface area (Å²) >= 11 is 0. The first kappa shape index (κ1) is 19.8. The average Bonchev–Trinajstić information content (AvgIpc) is 2.68. The number of nitrogens with zero attached hydrogens (tertiary/aromatic N) is 3. The second-order valence-electron chi connectivity index (χ2n) is 7.22. The molecule has 3 rings (SSSR count). The minimum atomic E-state index is -3.83. The molecule has 1 aliphatic heterocycles. The van der Waals surface area contributed by atoms with Crippen molar-refractivity contribution in [2.24, 2.45) is 5.92 Å². The van der Waals surface area contributed by atoms with Gasteiger partial charge >= 0.3 is 0 Å². The fourth-order valence-electron chi connectivity index (χ4n) is 3.98. The van der Waals surface area contributed by atoms with Gasteiger partial charge in [0.25, 0.3) is 5.69 Å². The van der Waals surface area contributed by atoms with Gasteiger partial charge in [0.05, 0.1) is 9.82 Å². The predicted molar refractivity (Wildman–Crippen MR) is 99.7 cm³/mol. The van der Waals surface area contributed by atoms with Crippen LogP contribution in [0.15, 0.2) is 23.1 Å². The Balaban J connectivity index is 1.71. The second-order valence-corrected chi connectivity index (χ2v) is 9.13. The molecule has 0 atom stereocenters. The summed E-state index contributed by atoms with van der Waals surface area (Å²) < 4.78 is 27.2. The molecule has 0 bridgehead atoms. The maximum Gasteiger partial charge on any atom is 0.273 e. The molecular weight excluding hydrogens is 370 g/mol. The minimum Gasteiger partial charge on any atom is -0.340 e. The van der Waals surface area contributed by atoms with Gasteiger partial charge in [-0.25, -0.2) is 8.42 Å². The van der Waals surface area contributed by atoms with Gasteiger partial charge in [-0.1, -0.05) is 25.3 Å². The number of carbonyl (C=O) groups is 1. The topological polar surface area (TPSA) is 101 Å². The maximum absolute atomic E-state index is 13.0. The molecule has 1 saturated heterocycles. The molecule has 0 aromatic heterocycles. The monoisotopic (exact) mass is 395 g/mol. The third kappa shape index (κ3) is 3.98. The number of piperazine rings is 1.